The lowest BCUT2D eigenvalue weighted by atomic mass is 10.1. The summed E-state index contributed by atoms with van der Waals surface area (Å²) in [7, 11) is 0. The molecule has 11 heteroatoms. The highest BCUT2D eigenvalue weighted by Gasteiger charge is 2.49. The number of benzene rings is 1. The van der Waals surface area contributed by atoms with Crippen LogP contribution < -0.4 is 9.80 Å². The molecule has 1 fully saturated rings. The number of non-ortho nitro benzene ring substituents is 1. The van der Waals surface area contributed by atoms with Crippen molar-refractivity contribution in [1.82, 2.24) is 19.9 Å². The minimum atomic E-state index is -1.42. The second-order valence-corrected chi connectivity index (χ2v) is 5.97. The lowest BCUT2D eigenvalue weighted by Crippen LogP contribution is -2.37. The molecule has 0 bridgehead atoms. The Kier molecular flexibility index (Phi) is 4.51. The molecule has 0 radical (unpaired) electrons. The minimum absolute atomic E-state index is 0.128. The number of nitro benzene ring substituents is 1. The maximum atomic E-state index is 11.2. The fourth-order valence-corrected chi connectivity index (χ4v) is 3.14. The first-order valence-electron chi connectivity index (χ1n) is 8.29. The van der Waals surface area contributed by atoms with Crippen molar-refractivity contribution >= 4 is 17.6 Å². The summed E-state index contributed by atoms with van der Waals surface area (Å²) in [6.45, 7) is 0. The SMILES string of the molecule is O=[N+]([O-])c1cccc(C2N(c3ncccn3)[C@H](O)[C@@H](O)N2c2ncccn2)c1. The maximum Gasteiger partial charge on any atom is 0.269 e. The van der Waals surface area contributed by atoms with E-state index in [4.69, 9.17) is 0 Å². The fraction of sp³-hybridized carbons (Fsp3) is 0.176. The van der Waals surface area contributed by atoms with Gasteiger partial charge in [0.25, 0.3) is 5.69 Å². The van der Waals surface area contributed by atoms with Gasteiger partial charge in [-0.15, -0.1) is 0 Å². The van der Waals surface area contributed by atoms with Crippen LogP contribution in [0.3, 0.4) is 0 Å². The van der Waals surface area contributed by atoms with Crippen LogP contribution in [0.15, 0.2) is 61.2 Å². The van der Waals surface area contributed by atoms with Crippen LogP contribution in [-0.2, 0) is 0 Å². The second-order valence-electron chi connectivity index (χ2n) is 5.97. The van der Waals surface area contributed by atoms with Gasteiger partial charge < -0.3 is 10.2 Å². The van der Waals surface area contributed by atoms with E-state index in [1.807, 2.05) is 0 Å². The third-order valence-electron chi connectivity index (χ3n) is 4.31. The summed E-state index contributed by atoms with van der Waals surface area (Å²) in [6.07, 6.45) is 2.25. The molecule has 2 atom stereocenters. The van der Waals surface area contributed by atoms with Crippen molar-refractivity contribution in [2.24, 2.45) is 0 Å². The van der Waals surface area contributed by atoms with E-state index in [1.165, 1.54) is 52.8 Å². The third kappa shape index (κ3) is 2.98. The molecule has 0 spiro atoms. The van der Waals surface area contributed by atoms with Gasteiger partial charge in [-0.2, -0.15) is 0 Å². The molecule has 1 aliphatic rings. The largest absolute Gasteiger partial charge is 0.369 e. The summed E-state index contributed by atoms with van der Waals surface area (Å²) in [6, 6.07) is 9.12. The van der Waals surface area contributed by atoms with Crippen LogP contribution in [0.1, 0.15) is 11.7 Å². The molecule has 0 saturated carbocycles. The molecule has 3 aromatic rings. The average molecular weight is 381 g/mol. The molecule has 28 heavy (non-hydrogen) atoms. The molecule has 2 aromatic heterocycles. The first kappa shape index (κ1) is 17.7. The van der Waals surface area contributed by atoms with Crippen molar-refractivity contribution < 1.29 is 15.1 Å². The number of hydrogen-bond donors (Lipinski definition) is 2. The first-order chi connectivity index (χ1) is 13.6. The third-order valence-corrected chi connectivity index (χ3v) is 4.31. The summed E-state index contributed by atoms with van der Waals surface area (Å²) >= 11 is 0. The van der Waals surface area contributed by atoms with Crippen molar-refractivity contribution in [3.05, 3.63) is 76.9 Å². The van der Waals surface area contributed by atoms with Crippen molar-refractivity contribution in [3.8, 4) is 0 Å². The molecule has 4 rings (SSSR count). The summed E-state index contributed by atoms with van der Waals surface area (Å²) in [4.78, 5) is 30.0. The van der Waals surface area contributed by atoms with E-state index in [1.54, 1.807) is 18.2 Å². The summed E-state index contributed by atoms with van der Waals surface area (Å²) in [5.41, 5.74) is 0.306. The van der Waals surface area contributed by atoms with E-state index in [0.717, 1.165) is 0 Å². The Morgan fingerprint density at radius 3 is 1.82 bits per heavy atom. The Hall–Kier alpha value is -3.70. The van der Waals surface area contributed by atoms with Crippen LogP contribution in [-0.4, -0.2) is 47.5 Å². The minimum Gasteiger partial charge on any atom is -0.369 e. The maximum absolute atomic E-state index is 11.2. The molecule has 1 aliphatic heterocycles. The molecule has 0 amide bonds. The van der Waals surface area contributed by atoms with E-state index < -0.39 is 23.5 Å². The monoisotopic (exact) mass is 381 g/mol. The zero-order valence-electron chi connectivity index (χ0n) is 14.3. The molecule has 142 valence electrons. The second kappa shape index (κ2) is 7.13. The predicted molar refractivity (Wildman–Crippen MR) is 96.9 cm³/mol. The van der Waals surface area contributed by atoms with Crippen LogP contribution >= 0.6 is 0 Å². The van der Waals surface area contributed by atoms with E-state index in [-0.39, 0.29) is 17.6 Å². The smallest absolute Gasteiger partial charge is 0.269 e. The average Bonchev–Trinajstić information content (AvgIpc) is 3.00. The lowest BCUT2D eigenvalue weighted by Gasteiger charge is -2.30. The van der Waals surface area contributed by atoms with Crippen LogP contribution in [0.5, 0.6) is 0 Å². The Morgan fingerprint density at radius 1 is 0.857 bits per heavy atom. The zero-order chi connectivity index (χ0) is 19.7. The predicted octanol–water partition coefficient (Wildman–Crippen LogP) is 0.837. The summed E-state index contributed by atoms with van der Waals surface area (Å²) in [5, 5.41) is 32.7. The van der Waals surface area contributed by atoms with Gasteiger partial charge in [0.05, 0.1) is 4.92 Å². The normalized spacial score (nSPS) is 19.8. The van der Waals surface area contributed by atoms with Gasteiger partial charge in [-0.1, -0.05) is 12.1 Å². The Labute approximate surface area is 158 Å². The molecule has 0 aliphatic carbocycles. The lowest BCUT2D eigenvalue weighted by molar-refractivity contribution is -0.384. The van der Waals surface area contributed by atoms with Gasteiger partial charge in [0.1, 0.15) is 6.17 Å². The van der Waals surface area contributed by atoms with Crippen LogP contribution in [0, 0.1) is 10.1 Å². The number of hydrogen-bond acceptors (Lipinski definition) is 10. The van der Waals surface area contributed by atoms with Gasteiger partial charge in [0.2, 0.25) is 11.9 Å². The number of nitro groups is 1. The number of anilines is 2. The van der Waals surface area contributed by atoms with Crippen LogP contribution in [0.4, 0.5) is 17.6 Å². The Morgan fingerprint density at radius 2 is 1.36 bits per heavy atom. The topological polar surface area (TPSA) is 142 Å². The van der Waals surface area contributed by atoms with E-state index >= 15 is 0 Å². The molecule has 11 nitrogen and oxygen atoms in total. The zero-order valence-corrected chi connectivity index (χ0v) is 14.3. The standard InChI is InChI=1S/C17H15N7O4/c25-14-15(26)23(17-20-8-3-9-21-17)13(22(14)16-18-6-2-7-19-16)11-4-1-5-12(10-11)24(27)28/h1-10,13-15,25-26H/t14-,15-/m1/s1. The van der Waals surface area contributed by atoms with Gasteiger partial charge in [-0.05, 0) is 12.1 Å². The molecule has 0 unspecified atom stereocenters. The van der Waals surface area contributed by atoms with Gasteiger partial charge in [-0.25, -0.2) is 19.9 Å². The number of aliphatic hydroxyl groups is 2. The molecule has 3 heterocycles. The van der Waals surface area contributed by atoms with E-state index in [0.29, 0.717) is 5.56 Å². The Bertz CT molecular complexity index is 924. The highest BCUT2D eigenvalue weighted by molar-refractivity contribution is 5.52. The highest BCUT2D eigenvalue weighted by Crippen LogP contribution is 2.40. The van der Waals surface area contributed by atoms with Crippen molar-refractivity contribution in [3.63, 3.8) is 0 Å². The number of nitrogens with zero attached hydrogens (tertiary/aromatic N) is 7. The summed E-state index contributed by atoms with van der Waals surface area (Å²) < 4.78 is 0. The molecule has 1 aromatic carbocycles. The molecular formula is C17H15N7O4. The number of aromatic nitrogens is 4. The Balaban J connectivity index is 1.88. The quantitative estimate of drug-likeness (QED) is 0.493. The molecule has 1 saturated heterocycles. The molecule has 2 N–H and O–H groups in total. The van der Waals surface area contributed by atoms with Gasteiger partial charge in [0.15, 0.2) is 12.5 Å². The first-order valence-corrected chi connectivity index (χ1v) is 8.29. The van der Waals surface area contributed by atoms with Crippen molar-refractivity contribution in [2.45, 2.75) is 18.6 Å². The van der Waals surface area contributed by atoms with Crippen LogP contribution in [0.25, 0.3) is 0 Å². The van der Waals surface area contributed by atoms with E-state index in [9.17, 15) is 20.3 Å². The van der Waals surface area contributed by atoms with Crippen LogP contribution in [0.2, 0.25) is 0 Å². The van der Waals surface area contributed by atoms with Gasteiger partial charge >= 0.3 is 0 Å². The highest BCUT2D eigenvalue weighted by atomic mass is 16.6. The number of aliphatic hydroxyl groups excluding tert-OH is 2. The summed E-state index contributed by atoms with van der Waals surface area (Å²) in [5.74, 6) is 0.285. The van der Waals surface area contributed by atoms with Crippen molar-refractivity contribution in [1.29, 1.82) is 0 Å². The van der Waals surface area contributed by atoms with Gasteiger partial charge in [0, 0.05) is 42.5 Å². The number of rotatable bonds is 4. The fourth-order valence-electron chi connectivity index (χ4n) is 3.14. The molecular weight excluding hydrogens is 366 g/mol. The van der Waals surface area contributed by atoms with Crippen molar-refractivity contribution in [2.75, 3.05) is 9.80 Å². The van der Waals surface area contributed by atoms with Gasteiger partial charge in [-0.3, -0.25) is 19.9 Å². The van der Waals surface area contributed by atoms with E-state index in [2.05, 4.69) is 19.9 Å².